The third kappa shape index (κ3) is 3.22. The zero-order valence-corrected chi connectivity index (χ0v) is 18.2. The minimum atomic E-state index is 0.293. The van der Waals surface area contributed by atoms with Crippen LogP contribution >= 0.6 is 0 Å². The molecule has 1 unspecified atom stereocenters. The molecule has 0 saturated heterocycles. The van der Waals surface area contributed by atoms with Crippen molar-refractivity contribution in [1.29, 1.82) is 0 Å². The Morgan fingerprint density at radius 1 is 1.03 bits per heavy atom. The van der Waals surface area contributed by atoms with E-state index in [4.69, 9.17) is 14.7 Å². The van der Waals surface area contributed by atoms with Crippen LogP contribution in [-0.4, -0.2) is 28.3 Å². The highest BCUT2D eigenvalue weighted by molar-refractivity contribution is 6.09. The highest BCUT2D eigenvalue weighted by Gasteiger charge is 2.19. The van der Waals surface area contributed by atoms with Crippen molar-refractivity contribution < 1.29 is 4.74 Å². The molecular weight excluding hydrogens is 358 g/mol. The second-order valence-corrected chi connectivity index (χ2v) is 8.03. The second-order valence-electron chi connectivity index (χ2n) is 8.03. The summed E-state index contributed by atoms with van der Waals surface area (Å²) in [7, 11) is 1.77. The fraction of sp³-hybridized carbons (Fsp3) is 0.360. The van der Waals surface area contributed by atoms with Gasteiger partial charge in [0.25, 0.3) is 0 Å². The monoisotopic (exact) mass is 387 g/mol. The summed E-state index contributed by atoms with van der Waals surface area (Å²) in [6.07, 6.45) is 5.10. The molecule has 0 aliphatic carbocycles. The number of fused-ring (bicyclic) bond motifs is 3. The molecule has 29 heavy (non-hydrogen) atoms. The maximum Gasteiger partial charge on any atom is 0.0989 e. The number of rotatable bonds is 5. The molecule has 4 aromatic rings. The molecule has 150 valence electrons. The first-order valence-corrected chi connectivity index (χ1v) is 10.3. The number of hydrogen-bond acceptors (Lipinski definition) is 3. The van der Waals surface area contributed by atoms with E-state index >= 15 is 0 Å². The lowest BCUT2D eigenvalue weighted by molar-refractivity contribution is 0.155. The molecule has 0 N–H and O–H groups in total. The predicted octanol–water partition coefficient (Wildman–Crippen LogP) is 6.08. The van der Waals surface area contributed by atoms with Crippen LogP contribution in [0.4, 0.5) is 0 Å². The van der Waals surface area contributed by atoms with Crippen molar-refractivity contribution in [1.82, 2.24) is 14.5 Å². The van der Waals surface area contributed by atoms with Crippen molar-refractivity contribution in [3.05, 3.63) is 59.0 Å². The van der Waals surface area contributed by atoms with Crippen LogP contribution in [0, 0.1) is 27.7 Å². The van der Waals surface area contributed by atoms with E-state index in [2.05, 4.69) is 69.6 Å². The van der Waals surface area contributed by atoms with Gasteiger partial charge in [0.2, 0.25) is 0 Å². The van der Waals surface area contributed by atoms with E-state index in [0.29, 0.717) is 12.6 Å². The highest BCUT2D eigenvalue weighted by atomic mass is 16.5. The topological polar surface area (TPSA) is 39.9 Å². The third-order valence-corrected chi connectivity index (χ3v) is 5.90. The fourth-order valence-corrected chi connectivity index (χ4v) is 4.64. The lowest BCUT2D eigenvalue weighted by Crippen LogP contribution is -2.13. The molecule has 0 aliphatic heterocycles. The predicted molar refractivity (Wildman–Crippen MR) is 121 cm³/mol. The van der Waals surface area contributed by atoms with E-state index in [1.165, 1.54) is 33.2 Å². The minimum Gasteiger partial charge on any atom is -0.383 e. The summed E-state index contributed by atoms with van der Waals surface area (Å²) >= 11 is 0. The van der Waals surface area contributed by atoms with Gasteiger partial charge in [-0.15, -0.1) is 0 Å². The zero-order valence-electron chi connectivity index (χ0n) is 18.2. The number of aryl methyl sites for hydroxylation is 4. The van der Waals surface area contributed by atoms with Gasteiger partial charge in [-0.2, -0.15) is 0 Å². The molecule has 0 saturated carbocycles. The average Bonchev–Trinajstić information content (AvgIpc) is 3.12. The Morgan fingerprint density at radius 3 is 2.41 bits per heavy atom. The molecule has 3 aromatic heterocycles. The highest BCUT2D eigenvalue weighted by Crippen LogP contribution is 2.36. The average molecular weight is 388 g/mol. The Hall–Kier alpha value is -2.72. The van der Waals surface area contributed by atoms with Gasteiger partial charge >= 0.3 is 0 Å². The van der Waals surface area contributed by atoms with E-state index in [1.54, 1.807) is 7.11 Å². The van der Waals surface area contributed by atoms with Crippen LogP contribution in [0.2, 0.25) is 0 Å². The Bertz CT molecular complexity index is 1180. The summed E-state index contributed by atoms with van der Waals surface area (Å²) in [6, 6.07) is 9.02. The van der Waals surface area contributed by atoms with Gasteiger partial charge in [-0.3, -0.25) is 9.97 Å². The molecule has 0 spiro atoms. The van der Waals surface area contributed by atoms with Gasteiger partial charge in [-0.25, -0.2) is 0 Å². The molecule has 0 radical (unpaired) electrons. The molecule has 1 atom stereocenters. The molecule has 4 heteroatoms. The molecule has 0 amide bonds. The Labute approximate surface area is 172 Å². The van der Waals surface area contributed by atoms with Crippen molar-refractivity contribution in [3.8, 4) is 11.3 Å². The quantitative estimate of drug-likeness (QED) is 0.416. The molecule has 1 aromatic carbocycles. The summed E-state index contributed by atoms with van der Waals surface area (Å²) in [5, 5.41) is 2.34. The zero-order chi connectivity index (χ0) is 20.7. The van der Waals surface area contributed by atoms with Crippen LogP contribution < -0.4 is 0 Å². The van der Waals surface area contributed by atoms with E-state index < -0.39 is 0 Å². The van der Waals surface area contributed by atoms with Gasteiger partial charge in [0.15, 0.2) is 0 Å². The van der Waals surface area contributed by atoms with Crippen molar-refractivity contribution in [2.75, 3.05) is 13.7 Å². The fourth-order valence-electron chi connectivity index (χ4n) is 4.64. The van der Waals surface area contributed by atoms with Gasteiger partial charge in [0.05, 0.1) is 29.4 Å². The Kier molecular flexibility index (Phi) is 5.13. The first-order chi connectivity index (χ1) is 14.0. The third-order valence-electron chi connectivity index (χ3n) is 5.90. The van der Waals surface area contributed by atoms with Gasteiger partial charge < -0.3 is 9.30 Å². The van der Waals surface area contributed by atoms with Crippen LogP contribution in [0.5, 0.6) is 0 Å². The summed E-state index contributed by atoms with van der Waals surface area (Å²) < 4.78 is 7.85. The SMILES string of the molecule is CCC(COC)n1ccc2c(C)nc3c(-c4c(C)cc(C)cc4C)nccc3c21. The van der Waals surface area contributed by atoms with Crippen molar-refractivity contribution in [2.45, 2.75) is 47.1 Å². The van der Waals surface area contributed by atoms with Crippen molar-refractivity contribution in [2.24, 2.45) is 0 Å². The number of aromatic nitrogens is 3. The van der Waals surface area contributed by atoms with Crippen LogP contribution in [0.25, 0.3) is 33.1 Å². The molecule has 3 heterocycles. The normalized spacial score (nSPS) is 12.8. The first kappa shape index (κ1) is 19.6. The van der Waals surface area contributed by atoms with Crippen molar-refractivity contribution in [3.63, 3.8) is 0 Å². The standard InChI is InChI=1S/C25H29N3O/c1-7-19(14-29-6)28-11-9-20-18(5)27-23-21(25(20)28)8-10-26-24(23)22-16(3)12-15(2)13-17(22)4/h8-13,19H,7,14H2,1-6H3. The van der Waals surface area contributed by atoms with E-state index in [-0.39, 0.29) is 0 Å². The molecule has 0 fully saturated rings. The van der Waals surface area contributed by atoms with Gasteiger partial charge in [0, 0.05) is 41.5 Å². The summed E-state index contributed by atoms with van der Waals surface area (Å²) in [5.74, 6) is 0. The molecule has 4 nitrogen and oxygen atoms in total. The molecule has 0 aliphatic rings. The first-order valence-electron chi connectivity index (χ1n) is 10.3. The number of nitrogens with zero attached hydrogens (tertiary/aromatic N) is 3. The summed E-state index contributed by atoms with van der Waals surface area (Å²) in [5.41, 5.74) is 9.14. The number of methoxy groups -OCH3 is 1. The molecule has 4 rings (SSSR count). The number of pyridine rings is 2. The van der Waals surface area contributed by atoms with Crippen LogP contribution in [0.3, 0.4) is 0 Å². The van der Waals surface area contributed by atoms with Gasteiger partial charge in [-0.05, 0) is 57.4 Å². The largest absolute Gasteiger partial charge is 0.383 e. The van der Waals surface area contributed by atoms with Crippen LogP contribution in [0.15, 0.2) is 36.7 Å². The number of ether oxygens (including phenoxy) is 1. The van der Waals surface area contributed by atoms with Crippen LogP contribution in [0.1, 0.15) is 41.8 Å². The van der Waals surface area contributed by atoms with E-state index in [1.807, 2.05) is 6.20 Å². The molecule has 0 bridgehead atoms. The second kappa shape index (κ2) is 7.60. The van der Waals surface area contributed by atoms with E-state index in [9.17, 15) is 0 Å². The number of benzene rings is 1. The smallest absolute Gasteiger partial charge is 0.0989 e. The van der Waals surface area contributed by atoms with Crippen molar-refractivity contribution >= 4 is 21.8 Å². The van der Waals surface area contributed by atoms with Gasteiger partial charge in [-0.1, -0.05) is 24.6 Å². The molecular formula is C25H29N3O. The maximum absolute atomic E-state index is 5.50. The maximum atomic E-state index is 5.50. The minimum absolute atomic E-state index is 0.293. The Balaban J connectivity index is 2.08. The lowest BCUT2D eigenvalue weighted by Gasteiger charge is -2.19. The van der Waals surface area contributed by atoms with E-state index in [0.717, 1.165) is 28.7 Å². The summed E-state index contributed by atoms with van der Waals surface area (Å²) in [4.78, 5) is 9.82. The summed E-state index contributed by atoms with van der Waals surface area (Å²) in [6.45, 7) is 11.5. The lowest BCUT2D eigenvalue weighted by atomic mass is 9.95. The van der Waals surface area contributed by atoms with Gasteiger partial charge in [0.1, 0.15) is 0 Å². The van der Waals surface area contributed by atoms with Crippen LogP contribution in [-0.2, 0) is 4.74 Å². The number of hydrogen-bond donors (Lipinski definition) is 0. The Morgan fingerprint density at radius 2 is 1.76 bits per heavy atom.